The number of methoxy groups -OCH3 is 1. The number of hydrogen-bond acceptors (Lipinski definition) is 6. The van der Waals surface area contributed by atoms with E-state index in [0.29, 0.717) is 29.0 Å². The number of carbonyl (C=O) groups is 1. The van der Waals surface area contributed by atoms with Crippen molar-refractivity contribution < 1.29 is 13.9 Å². The number of nitrogens with zero attached hydrogens (tertiary/aromatic N) is 3. The van der Waals surface area contributed by atoms with Crippen LogP contribution >= 0.6 is 11.8 Å². The van der Waals surface area contributed by atoms with Crippen LogP contribution in [0.15, 0.2) is 107 Å². The molecular formula is C29H26N4O3S. The van der Waals surface area contributed by atoms with Crippen molar-refractivity contribution >= 4 is 23.4 Å². The van der Waals surface area contributed by atoms with Crippen LogP contribution in [-0.4, -0.2) is 27.8 Å². The monoisotopic (exact) mass is 510 g/mol. The topological polar surface area (TPSA) is 82.2 Å². The maximum absolute atomic E-state index is 13.6. The van der Waals surface area contributed by atoms with Gasteiger partial charge in [0.05, 0.1) is 19.9 Å². The molecule has 0 saturated carbocycles. The fourth-order valence-electron chi connectivity index (χ4n) is 3.99. The van der Waals surface area contributed by atoms with Gasteiger partial charge in [0.1, 0.15) is 16.8 Å². The van der Waals surface area contributed by atoms with Gasteiger partial charge in [-0.1, -0.05) is 71.9 Å². The first-order valence-corrected chi connectivity index (χ1v) is 12.7. The van der Waals surface area contributed by atoms with Gasteiger partial charge in [0.2, 0.25) is 5.91 Å². The van der Waals surface area contributed by atoms with Crippen LogP contribution in [0, 0.1) is 6.92 Å². The van der Waals surface area contributed by atoms with E-state index in [1.165, 1.54) is 11.8 Å². The second-order valence-corrected chi connectivity index (χ2v) is 9.54. The number of furan rings is 1. The summed E-state index contributed by atoms with van der Waals surface area (Å²) in [6.45, 7) is 2.48. The number of aromatic nitrogens is 3. The molecule has 2 aromatic heterocycles. The molecule has 37 heavy (non-hydrogen) atoms. The van der Waals surface area contributed by atoms with Crippen LogP contribution in [0.4, 0.5) is 5.69 Å². The zero-order valence-corrected chi connectivity index (χ0v) is 21.3. The van der Waals surface area contributed by atoms with Gasteiger partial charge in [-0.05, 0) is 42.8 Å². The van der Waals surface area contributed by atoms with Gasteiger partial charge in [-0.15, -0.1) is 10.2 Å². The summed E-state index contributed by atoms with van der Waals surface area (Å²) in [6, 6.07) is 28.9. The van der Waals surface area contributed by atoms with Gasteiger partial charge in [-0.3, -0.25) is 9.36 Å². The quantitative estimate of drug-likeness (QED) is 0.232. The number of thioether (sulfide) groups is 1. The molecule has 0 fully saturated rings. The molecule has 8 heteroatoms. The largest absolute Gasteiger partial charge is 0.497 e. The lowest BCUT2D eigenvalue weighted by Gasteiger charge is -2.18. The number of benzene rings is 3. The molecule has 3 aromatic carbocycles. The zero-order chi connectivity index (χ0) is 25.6. The van der Waals surface area contributed by atoms with Crippen LogP contribution in [0.1, 0.15) is 22.1 Å². The third kappa shape index (κ3) is 5.76. The van der Waals surface area contributed by atoms with E-state index < -0.39 is 5.25 Å². The lowest BCUT2D eigenvalue weighted by Crippen LogP contribution is -2.19. The number of carbonyl (C=O) groups excluding carboxylic acids is 1. The summed E-state index contributed by atoms with van der Waals surface area (Å²) >= 11 is 1.35. The molecule has 186 valence electrons. The number of ether oxygens (including phenoxy) is 1. The Balaban J connectivity index is 1.51. The smallest absolute Gasteiger partial charge is 0.242 e. The summed E-state index contributed by atoms with van der Waals surface area (Å²) in [6.07, 6.45) is 1.65. The van der Waals surface area contributed by atoms with Gasteiger partial charge in [0.25, 0.3) is 0 Å². The number of hydrogen-bond donors (Lipinski definition) is 1. The summed E-state index contributed by atoms with van der Waals surface area (Å²) in [4.78, 5) is 13.6. The van der Waals surface area contributed by atoms with Gasteiger partial charge in [-0.25, -0.2) is 0 Å². The molecule has 0 aliphatic rings. The van der Waals surface area contributed by atoms with Crippen LogP contribution in [0.25, 0.3) is 11.4 Å². The Kier molecular flexibility index (Phi) is 7.37. The highest BCUT2D eigenvalue weighted by Crippen LogP contribution is 2.37. The minimum atomic E-state index is -0.572. The third-order valence-corrected chi connectivity index (χ3v) is 7.02. The standard InChI is InChI=1S/C29H26N4O3S/c1-20-9-6-12-22(17-20)27-31-32-29(33(27)19-25-15-8-16-36-25)37-26(21-10-4-3-5-11-21)28(34)30-23-13-7-14-24(18-23)35-2/h3-18,26H,19H2,1-2H3,(H,30,34)/t26-/m0/s1. The van der Waals surface area contributed by atoms with Crippen molar-refractivity contribution in [2.45, 2.75) is 23.9 Å². The predicted molar refractivity (Wildman–Crippen MR) is 145 cm³/mol. The van der Waals surface area contributed by atoms with Crippen LogP contribution in [0.3, 0.4) is 0 Å². The highest BCUT2D eigenvalue weighted by molar-refractivity contribution is 8.00. The Morgan fingerprint density at radius 1 is 1.00 bits per heavy atom. The van der Waals surface area contributed by atoms with Crippen molar-refractivity contribution in [1.29, 1.82) is 0 Å². The van der Waals surface area contributed by atoms with Gasteiger partial charge < -0.3 is 14.5 Å². The number of nitrogens with one attached hydrogen (secondary N) is 1. The first-order chi connectivity index (χ1) is 18.1. The van der Waals surface area contributed by atoms with Crippen molar-refractivity contribution in [3.63, 3.8) is 0 Å². The second kappa shape index (κ2) is 11.2. The average molecular weight is 511 g/mol. The Bertz CT molecular complexity index is 1480. The normalized spacial score (nSPS) is 11.7. The molecule has 0 aliphatic heterocycles. The first kappa shape index (κ1) is 24.4. The van der Waals surface area contributed by atoms with E-state index in [1.54, 1.807) is 19.4 Å². The van der Waals surface area contributed by atoms with E-state index in [4.69, 9.17) is 9.15 Å². The minimum Gasteiger partial charge on any atom is -0.497 e. The average Bonchev–Trinajstić information content (AvgIpc) is 3.58. The predicted octanol–water partition coefficient (Wildman–Crippen LogP) is 6.38. The molecule has 2 heterocycles. The second-order valence-electron chi connectivity index (χ2n) is 8.47. The molecule has 7 nitrogen and oxygen atoms in total. The molecule has 1 N–H and O–H groups in total. The van der Waals surface area contributed by atoms with Gasteiger partial charge in [-0.2, -0.15) is 0 Å². The third-order valence-electron chi connectivity index (χ3n) is 5.79. The Morgan fingerprint density at radius 2 is 1.84 bits per heavy atom. The molecule has 5 rings (SSSR count). The molecule has 5 aromatic rings. The van der Waals surface area contributed by atoms with E-state index in [1.807, 2.05) is 90.4 Å². The zero-order valence-electron chi connectivity index (χ0n) is 20.5. The maximum Gasteiger partial charge on any atom is 0.242 e. The molecule has 0 unspecified atom stereocenters. The first-order valence-electron chi connectivity index (χ1n) is 11.8. The van der Waals surface area contributed by atoms with Crippen molar-refractivity contribution in [3.8, 4) is 17.1 Å². The number of anilines is 1. The summed E-state index contributed by atoms with van der Waals surface area (Å²) in [5.74, 6) is 1.98. The SMILES string of the molecule is COc1cccc(NC(=O)[C@@H](Sc2nnc(-c3cccc(C)c3)n2Cc2ccco2)c2ccccc2)c1. The maximum atomic E-state index is 13.6. The molecular weight excluding hydrogens is 484 g/mol. The lowest BCUT2D eigenvalue weighted by molar-refractivity contribution is -0.115. The molecule has 0 spiro atoms. The van der Waals surface area contributed by atoms with Crippen LogP contribution < -0.4 is 10.1 Å². The van der Waals surface area contributed by atoms with Crippen molar-refractivity contribution in [2.24, 2.45) is 0 Å². The summed E-state index contributed by atoms with van der Waals surface area (Å²) in [5.41, 5.74) is 3.59. The van der Waals surface area contributed by atoms with Crippen LogP contribution in [-0.2, 0) is 11.3 Å². The van der Waals surface area contributed by atoms with Crippen LogP contribution in [0.5, 0.6) is 5.75 Å². The number of aryl methyl sites for hydroxylation is 1. The highest BCUT2D eigenvalue weighted by Gasteiger charge is 2.26. The van der Waals surface area contributed by atoms with E-state index in [-0.39, 0.29) is 5.91 Å². The van der Waals surface area contributed by atoms with E-state index in [0.717, 1.165) is 22.5 Å². The van der Waals surface area contributed by atoms with Gasteiger partial charge in [0, 0.05) is 17.3 Å². The van der Waals surface area contributed by atoms with Crippen molar-refractivity contribution in [1.82, 2.24) is 14.8 Å². The van der Waals surface area contributed by atoms with Gasteiger partial charge >= 0.3 is 0 Å². The summed E-state index contributed by atoms with van der Waals surface area (Å²) in [7, 11) is 1.60. The van der Waals surface area contributed by atoms with Crippen molar-refractivity contribution in [2.75, 3.05) is 12.4 Å². The lowest BCUT2D eigenvalue weighted by atomic mass is 10.1. The van der Waals surface area contributed by atoms with E-state index in [2.05, 4.69) is 21.6 Å². The molecule has 1 atom stereocenters. The van der Waals surface area contributed by atoms with E-state index in [9.17, 15) is 4.79 Å². The molecule has 0 saturated heterocycles. The molecule has 0 aliphatic carbocycles. The molecule has 0 bridgehead atoms. The number of amides is 1. The summed E-state index contributed by atoms with van der Waals surface area (Å²) in [5, 5.41) is 12.1. The number of rotatable bonds is 9. The minimum absolute atomic E-state index is 0.172. The van der Waals surface area contributed by atoms with E-state index >= 15 is 0 Å². The molecule has 0 radical (unpaired) electrons. The Morgan fingerprint density at radius 3 is 2.59 bits per heavy atom. The summed E-state index contributed by atoms with van der Waals surface area (Å²) < 4.78 is 12.9. The molecule has 1 amide bonds. The highest BCUT2D eigenvalue weighted by atomic mass is 32.2. The van der Waals surface area contributed by atoms with Gasteiger partial charge in [0.15, 0.2) is 11.0 Å². The van der Waals surface area contributed by atoms with Crippen molar-refractivity contribution in [3.05, 3.63) is 114 Å². The fraction of sp³-hybridized carbons (Fsp3) is 0.138. The Labute approximate surface area is 219 Å². The Hall–Kier alpha value is -4.30. The fourth-order valence-corrected chi connectivity index (χ4v) is 5.03. The van der Waals surface area contributed by atoms with Crippen LogP contribution in [0.2, 0.25) is 0 Å².